The van der Waals surface area contributed by atoms with Gasteiger partial charge in [0.2, 0.25) is 5.91 Å². The molecule has 0 unspecified atom stereocenters. The highest BCUT2D eigenvalue weighted by Crippen LogP contribution is 2.27. The molecule has 3 aromatic heterocycles. The van der Waals surface area contributed by atoms with Crippen LogP contribution in [0.1, 0.15) is 18.7 Å². The number of fused-ring (bicyclic) bond motifs is 1. The molecule has 134 valence electrons. The van der Waals surface area contributed by atoms with E-state index in [1.54, 1.807) is 15.5 Å². The second kappa shape index (κ2) is 5.97. The second-order valence-corrected chi connectivity index (χ2v) is 6.42. The predicted octanol–water partition coefficient (Wildman–Crippen LogP) is 1.81. The van der Waals surface area contributed by atoms with Crippen molar-refractivity contribution in [3.05, 3.63) is 48.5 Å². The number of hydrogen-bond acceptors (Lipinski definition) is 6. The zero-order chi connectivity index (χ0) is 18.4. The van der Waals surface area contributed by atoms with Gasteiger partial charge in [0.15, 0.2) is 17.3 Å². The van der Waals surface area contributed by atoms with Gasteiger partial charge in [-0.25, -0.2) is 4.98 Å². The van der Waals surface area contributed by atoms with Gasteiger partial charge in [-0.05, 0) is 37.6 Å². The van der Waals surface area contributed by atoms with Gasteiger partial charge in [0.05, 0.1) is 0 Å². The SMILES string of the molecule is Cc1nc(-c2cccc(N3CCCC3=O)c2)n(-c2ccc3nncn3n2)n1. The third-order valence-electron chi connectivity index (χ3n) is 4.57. The Morgan fingerprint density at radius 2 is 2.04 bits per heavy atom. The minimum Gasteiger partial charge on any atom is -0.312 e. The van der Waals surface area contributed by atoms with Crippen LogP contribution in [0.15, 0.2) is 42.7 Å². The number of anilines is 1. The Labute approximate surface area is 154 Å². The number of amides is 1. The number of nitrogens with zero attached hydrogens (tertiary/aromatic N) is 8. The molecule has 0 atom stereocenters. The van der Waals surface area contributed by atoms with E-state index in [-0.39, 0.29) is 5.91 Å². The average Bonchev–Trinajstić information content (AvgIpc) is 3.40. The summed E-state index contributed by atoms with van der Waals surface area (Å²) >= 11 is 0. The summed E-state index contributed by atoms with van der Waals surface area (Å²) in [6.07, 6.45) is 3.03. The molecule has 1 fully saturated rings. The van der Waals surface area contributed by atoms with Crippen molar-refractivity contribution in [1.29, 1.82) is 0 Å². The number of aryl methyl sites for hydroxylation is 1. The maximum absolute atomic E-state index is 12.1. The summed E-state index contributed by atoms with van der Waals surface area (Å²) < 4.78 is 3.29. The number of carbonyl (C=O) groups excluding carboxylic acids is 1. The first-order chi connectivity index (χ1) is 13.2. The fourth-order valence-electron chi connectivity index (χ4n) is 3.33. The third kappa shape index (κ3) is 2.64. The topological polar surface area (TPSA) is 94.1 Å². The van der Waals surface area contributed by atoms with Crippen LogP contribution in [-0.4, -0.2) is 47.0 Å². The summed E-state index contributed by atoms with van der Waals surface area (Å²) in [7, 11) is 0. The van der Waals surface area contributed by atoms with Crippen molar-refractivity contribution >= 4 is 17.2 Å². The number of aromatic nitrogens is 7. The summed E-state index contributed by atoms with van der Waals surface area (Å²) in [6, 6.07) is 11.5. The molecule has 0 saturated carbocycles. The van der Waals surface area contributed by atoms with Crippen LogP contribution in [-0.2, 0) is 4.79 Å². The molecule has 4 heterocycles. The Morgan fingerprint density at radius 1 is 1.11 bits per heavy atom. The van der Waals surface area contributed by atoms with Gasteiger partial charge >= 0.3 is 0 Å². The molecule has 1 aromatic carbocycles. The van der Waals surface area contributed by atoms with Gasteiger partial charge in [-0.15, -0.1) is 20.4 Å². The van der Waals surface area contributed by atoms with Crippen LogP contribution in [0, 0.1) is 6.92 Å². The van der Waals surface area contributed by atoms with Crippen LogP contribution in [0.2, 0.25) is 0 Å². The first-order valence-electron chi connectivity index (χ1n) is 8.71. The molecule has 9 heteroatoms. The van der Waals surface area contributed by atoms with Gasteiger partial charge in [-0.1, -0.05) is 12.1 Å². The molecule has 0 bridgehead atoms. The third-order valence-corrected chi connectivity index (χ3v) is 4.57. The zero-order valence-corrected chi connectivity index (χ0v) is 14.6. The number of rotatable bonds is 3. The first kappa shape index (κ1) is 15.6. The standard InChI is InChI=1S/C18H16N8O/c1-12-20-18(13-4-2-5-14(10-13)24-9-3-6-17(24)27)26(22-12)16-8-7-15-21-19-11-25(15)23-16/h2,4-5,7-8,10-11H,3,6,9H2,1H3. The lowest BCUT2D eigenvalue weighted by molar-refractivity contribution is -0.117. The van der Waals surface area contributed by atoms with Crippen LogP contribution in [0.4, 0.5) is 5.69 Å². The summed E-state index contributed by atoms with van der Waals surface area (Å²) in [5.41, 5.74) is 2.41. The molecule has 0 aliphatic carbocycles. The molecule has 0 N–H and O–H groups in total. The van der Waals surface area contributed by atoms with Crippen molar-refractivity contribution < 1.29 is 4.79 Å². The summed E-state index contributed by atoms with van der Waals surface area (Å²) in [5.74, 6) is 2.07. The molecule has 4 aromatic rings. The monoisotopic (exact) mass is 360 g/mol. The van der Waals surface area contributed by atoms with Crippen LogP contribution >= 0.6 is 0 Å². The van der Waals surface area contributed by atoms with E-state index < -0.39 is 0 Å². The molecular formula is C18H16N8O. The van der Waals surface area contributed by atoms with Crippen LogP contribution in [0.25, 0.3) is 22.9 Å². The number of carbonyl (C=O) groups is 1. The lowest BCUT2D eigenvalue weighted by Crippen LogP contribution is -2.23. The van der Waals surface area contributed by atoms with Crippen molar-refractivity contribution in [2.45, 2.75) is 19.8 Å². The molecule has 1 aliphatic heterocycles. The molecule has 27 heavy (non-hydrogen) atoms. The minimum absolute atomic E-state index is 0.157. The van der Waals surface area contributed by atoms with Gasteiger partial charge in [0.25, 0.3) is 0 Å². The van der Waals surface area contributed by atoms with E-state index in [9.17, 15) is 4.79 Å². The van der Waals surface area contributed by atoms with E-state index in [4.69, 9.17) is 0 Å². The second-order valence-electron chi connectivity index (χ2n) is 6.42. The Balaban J connectivity index is 1.61. The van der Waals surface area contributed by atoms with Crippen molar-refractivity contribution in [3.63, 3.8) is 0 Å². The van der Waals surface area contributed by atoms with Gasteiger partial charge in [0, 0.05) is 24.2 Å². The van der Waals surface area contributed by atoms with Gasteiger partial charge in [0.1, 0.15) is 12.2 Å². The molecular weight excluding hydrogens is 344 g/mol. The molecule has 0 radical (unpaired) electrons. The fraction of sp³-hybridized carbons (Fsp3) is 0.222. The Bertz CT molecular complexity index is 1160. The highest BCUT2D eigenvalue weighted by atomic mass is 16.2. The van der Waals surface area contributed by atoms with E-state index in [1.165, 1.54) is 0 Å². The average molecular weight is 360 g/mol. The summed E-state index contributed by atoms with van der Waals surface area (Å²) in [5, 5.41) is 16.8. The van der Waals surface area contributed by atoms with Crippen LogP contribution in [0.3, 0.4) is 0 Å². The molecule has 5 rings (SSSR count). The highest BCUT2D eigenvalue weighted by Gasteiger charge is 2.22. The van der Waals surface area contributed by atoms with Crippen LogP contribution < -0.4 is 4.90 Å². The van der Waals surface area contributed by atoms with Gasteiger partial charge in [-0.2, -0.15) is 9.20 Å². The van der Waals surface area contributed by atoms with Crippen LogP contribution in [0.5, 0.6) is 0 Å². The van der Waals surface area contributed by atoms with E-state index in [0.717, 1.165) is 24.2 Å². The predicted molar refractivity (Wildman–Crippen MR) is 97.5 cm³/mol. The van der Waals surface area contributed by atoms with Crippen molar-refractivity contribution in [1.82, 2.24) is 34.6 Å². The Morgan fingerprint density at radius 3 is 2.89 bits per heavy atom. The molecule has 0 spiro atoms. The number of benzene rings is 1. The Hall–Kier alpha value is -3.62. The maximum atomic E-state index is 12.1. The molecule has 1 aliphatic rings. The molecule has 1 amide bonds. The number of hydrogen-bond donors (Lipinski definition) is 0. The fourth-order valence-corrected chi connectivity index (χ4v) is 3.33. The van der Waals surface area contributed by atoms with Crippen molar-refractivity contribution in [2.24, 2.45) is 0 Å². The first-order valence-corrected chi connectivity index (χ1v) is 8.71. The lowest BCUT2D eigenvalue weighted by atomic mass is 10.1. The van der Waals surface area contributed by atoms with Crippen molar-refractivity contribution in [3.8, 4) is 17.2 Å². The van der Waals surface area contributed by atoms with Gasteiger partial charge < -0.3 is 4.90 Å². The zero-order valence-electron chi connectivity index (χ0n) is 14.6. The van der Waals surface area contributed by atoms with E-state index in [2.05, 4.69) is 25.4 Å². The molecule has 9 nitrogen and oxygen atoms in total. The maximum Gasteiger partial charge on any atom is 0.227 e. The summed E-state index contributed by atoms with van der Waals surface area (Å²) in [6.45, 7) is 2.59. The van der Waals surface area contributed by atoms with E-state index in [1.807, 2.05) is 48.2 Å². The summed E-state index contributed by atoms with van der Waals surface area (Å²) in [4.78, 5) is 18.5. The quantitative estimate of drug-likeness (QED) is 0.553. The molecule has 1 saturated heterocycles. The van der Waals surface area contributed by atoms with E-state index in [0.29, 0.717) is 29.5 Å². The van der Waals surface area contributed by atoms with Gasteiger partial charge in [-0.3, -0.25) is 4.79 Å². The normalized spacial score (nSPS) is 14.4. The van der Waals surface area contributed by atoms with Crippen molar-refractivity contribution in [2.75, 3.05) is 11.4 Å². The van der Waals surface area contributed by atoms with E-state index >= 15 is 0 Å². The highest BCUT2D eigenvalue weighted by molar-refractivity contribution is 5.95. The largest absolute Gasteiger partial charge is 0.312 e. The minimum atomic E-state index is 0.157. The lowest BCUT2D eigenvalue weighted by Gasteiger charge is -2.16. The smallest absolute Gasteiger partial charge is 0.227 e. The Kier molecular flexibility index (Phi) is 3.46.